The number of alkyl halides is 6. The number of nitrogens with zero attached hydrogens (tertiary/aromatic N) is 1. The number of aliphatic hydroxyl groups is 1. The average molecular weight is 433 g/mol. The van der Waals surface area contributed by atoms with E-state index in [-0.39, 0.29) is 24.3 Å². The molecule has 0 unspecified atom stereocenters. The van der Waals surface area contributed by atoms with Gasteiger partial charge in [0.05, 0.1) is 36.5 Å². The molecule has 2 aliphatic rings. The van der Waals surface area contributed by atoms with Crippen LogP contribution in [-0.2, 0) is 21.8 Å². The Morgan fingerprint density at radius 1 is 0.833 bits per heavy atom. The molecule has 0 saturated carbocycles. The Morgan fingerprint density at radius 2 is 1.27 bits per heavy atom. The van der Waals surface area contributed by atoms with E-state index in [1.54, 1.807) is 0 Å². The fraction of sp³-hybridized carbons (Fsp3) is 0.400. The number of hydrogen-bond donors (Lipinski definition) is 1. The lowest BCUT2D eigenvalue weighted by molar-refractivity contribution is -0.138. The fourth-order valence-electron chi connectivity index (χ4n) is 3.86. The van der Waals surface area contributed by atoms with Gasteiger partial charge in [0, 0.05) is 0 Å². The Labute approximate surface area is 167 Å². The monoisotopic (exact) mass is 433 g/mol. The van der Waals surface area contributed by atoms with Gasteiger partial charge in [-0.3, -0.25) is 0 Å². The summed E-state index contributed by atoms with van der Waals surface area (Å²) in [6.07, 6.45) is -11.2. The Balaban J connectivity index is 1.74. The van der Waals surface area contributed by atoms with Crippen molar-refractivity contribution in [2.24, 2.45) is 0 Å². The summed E-state index contributed by atoms with van der Waals surface area (Å²) in [5.74, 6) is 0. The largest absolute Gasteiger partial charge is 0.416 e. The molecule has 0 aromatic heterocycles. The van der Waals surface area contributed by atoms with E-state index in [1.165, 1.54) is 29.2 Å². The molecule has 4 nitrogen and oxygen atoms in total. The molecule has 2 saturated heterocycles. The van der Waals surface area contributed by atoms with E-state index in [2.05, 4.69) is 0 Å². The van der Waals surface area contributed by atoms with Crippen molar-refractivity contribution in [3.63, 3.8) is 0 Å². The maximum absolute atomic E-state index is 13.1. The molecule has 2 fully saturated rings. The van der Waals surface area contributed by atoms with Gasteiger partial charge in [0.2, 0.25) is 0 Å². The van der Waals surface area contributed by atoms with Gasteiger partial charge in [0.1, 0.15) is 12.5 Å². The normalized spacial score (nSPS) is 27.4. The highest BCUT2D eigenvalue weighted by Gasteiger charge is 2.56. The molecule has 0 amide bonds. The summed E-state index contributed by atoms with van der Waals surface area (Å²) in [6, 6.07) is 9.04. The molecule has 0 bridgehead atoms. The van der Waals surface area contributed by atoms with Crippen LogP contribution in [0.15, 0.2) is 48.5 Å². The number of ether oxygens (including phenoxy) is 2. The minimum absolute atomic E-state index is 0.0418. The molecule has 162 valence electrons. The van der Waals surface area contributed by atoms with Gasteiger partial charge >= 0.3 is 12.4 Å². The highest BCUT2D eigenvalue weighted by Crippen LogP contribution is 2.49. The van der Waals surface area contributed by atoms with Crippen molar-refractivity contribution in [2.45, 2.75) is 30.3 Å². The van der Waals surface area contributed by atoms with Gasteiger partial charge in [0.25, 0.3) is 0 Å². The van der Waals surface area contributed by atoms with Crippen molar-refractivity contribution in [3.8, 4) is 0 Å². The summed E-state index contributed by atoms with van der Waals surface area (Å²) < 4.78 is 90.2. The molecule has 2 aromatic rings. The van der Waals surface area contributed by atoms with Gasteiger partial charge in [-0.25, -0.2) is 4.90 Å². The zero-order chi connectivity index (χ0) is 21.7. The van der Waals surface area contributed by atoms with Gasteiger partial charge in [-0.2, -0.15) is 26.3 Å². The van der Waals surface area contributed by atoms with Crippen LogP contribution in [0.25, 0.3) is 0 Å². The number of rotatable bonds is 3. The number of fused-ring (bicyclic) bond motifs is 1. The highest BCUT2D eigenvalue weighted by atomic mass is 19.4. The number of aliphatic hydroxyl groups excluding tert-OH is 1. The van der Waals surface area contributed by atoms with E-state index >= 15 is 0 Å². The van der Waals surface area contributed by atoms with Crippen LogP contribution in [0.1, 0.15) is 34.7 Å². The highest BCUT2D eigenvalue weighted by molar-refractivity contribution is 5.32. The van der Waals surface area contributed by atoms with Crippen molar-refractivity contribution in [3.05, 3.63) is 70.8 Å². The molecule has 10 heteroatoms. The second-order valence-electron chi connectivity index (χ2n) is 7.36. The Morgan fingerprint density at radius 3 is 1.63 bits per heavy atom. The van der Waals surface area contributed by atoms with Crippen molar-refractivity contribution in [2.75, 3.05) is 19.8 Å². The molecule has 2 aromatic carbocycles. The van der Waals surface area contributed by atoms with Gasteiger partial charge in [-0.15, -0.1) is 0 Å². The Hall–Kier alpha value is -2.14. The molecule has 0 spiro atoms. The molecule has 30 heavy (non-hydrogen) atoms. The van der Waals surface area contributed by atoms with Crippen LogP contribution in [-0.4, -0.2) is 35.4 Å². The summed E-state index contributed by atoms with van der Waals surface area (Å²) >= 11 is 0. The topological polar surface area (TPSA) is 41.9 Å². The first-order chi connectivity index (χ1) is 14.0. The van der Waals surface area contributed by atoms with Crippen molar-refractivity contribution < 1.29 is 40.9 Å². The van der Waals surface area contributed by atoms with E-state index in [0.717, 1.165) is 24.3 Å². The van der Waals surface area contributed by atoms with Gasteiger partial charge < -0.3 is 14.6 Å². The SMILES string of the molecule is OC[C@]12CO[C@H](c3cccc(C(F)(F)F)c3)N1[C@H](c1cccc(C(F)(F)F)c1)OC2. The third-order valence-corrected chi connectivity index (χ3v) is 5.37. The van der Waals surface area contributed by atoms with Crippen LogP contribution in [0.2, 0.25) is 0 Å². The third kappa shape index (κ3) is 3.58. The van der Waals surface area contributed by atoms with Gasteiger partial charge in [-0.05, 0) is 35.4 Å². The maximum Gasteiger partial charge on any atom is 0.416 e. The summed E-state index contributed by atoms with van der Waals surface area (Å²) in [5.41, 5.74) is -2.48. The standard InChI is InChI=1S/C20H17F6NO3/c21-19(22,23)14-5-1-3-12(7-14)16-27-17(30-11-18(27,9-28)10-29-16)13-4-2-6-15(8-13)20(24,25)26/h1-8,16-17,28H,9-11H2/t16-,17+,18-. The van der Waals surface area contributed by atoms with Crippen LogP contribution in [0.3, 0.4) is 0 Å². The van der Waals surface area contributed by atoms with Crippen molar-refractivity contribution in [1.82, 2.24) is 4.90 Å². The average Bonchev–Trinajstić information content (AvgIpc) is 3.24. The van der Waals surface area contributed by atoms with Gasteiger partial charge in [-0.1, -0.05) is 24.3 Å². The number of hydrogen-bond acceptors (Lipinski definition) is 4. The van der Waals surface area contributed by atoms with E-state index in [0.29, 0.717) is 0 Å². The molecule has 2 heterocycles. The van der Waals surface area contributed by atoms with Crippen LogP contribution in [0.5, 0.6) is 0 Å². The molecule has 4 rings (SSSR count). The molecule has 0 radical (unpaired) electrons. The fourth-order valence-corrected chi connectivity index (χ4v) is 3.86. The summed E-state index contributed by atoms with van der Waals surface area (Å²) in [7, 11) is 0. The lowest BCUT2D eigenvalue weighted by Crippen LogP contribution is -2.47. The second-order valence-corrected chi connectivity index (χ2v) is 7.36. The first-order valence-electron chi connectivity index (χ1n) is 9.02. The van der Waals surface area contributed by atoms with Crippen LogP contribution in [0.4, 0.5) is 26.3 Å². The smallest absolute Gasteiger partial charge is 0.394 e. The Bertz CT molecular complexity index is 860. The molecule has 0 aliphatic carbocycles. The maximum atomic E-state index is 13.1. The molecule has 1 N–H and O–H groups in total. The molecule has 2 aliphatic heterocycles. The third-order valence-electron chi connectivity index (χ3n) is 5.37. The lowest BCUT2D eigenvalue weighted by Gasteiger charge is -2.33. The minimum atomic E-state index is -4.56. The van der Waals surface area contributed by atoms with Crippen LogP contribution >= 0.6 is 0 Å². The van der Waals surface area contributed by atoms with Crippen LogP contribution < -0.4 is 0 Å². The van der Waals surface area contributed by atoms with Crippen molar-refractivity contribution in [1.29, 1.82) is 0 Å². The van der Waals surface area contributed by atoms with Gasteiger partial charge in [0.15, 0.2) is 0 Å². The number of benzene rings is 2. The predicted octanol–water partition coefficient (Wildman–Crippen LogP) is 4.52. The Kier molecular flexibility index (Phi) is 5.08. The first kappa shape index (κ1) is 21.1. The quantitative estimate of drug-likeness (QED) is 0.724. The predicted molar refractivity (Wildman–Crippen MR) is 91.9 cm³/mol. The second kappa shape index (κ2) is 7.23. The first-order valence-corrected chi connectivity index (χ1v) is 9.02. The molecule has 3 atom stereocenters. The lowest BCUT2D eigenvalue weighted by atomic mass is 10.00. The van der Waals surface area contributed by atoms with Crippen molar-refractivity contribution >= 4 is 0 Å². The van der Waals surface area contributed by atoms with E-state index < -0.39 is 48.1 Å². The zero-order valence-corrected chi connectivity index (χ0v) is 15.4. The van der Waals surface area contributed by atoms with Crippen LogP contribution in [0, 0.1) is 0 Å². The zero-order valence-electron chi connectivity index (χ0n) is 15.4. The van der Waals surface area contributed by atoms with E-state index in [1.807, 2.05) is 0 Å². The summed E-state index contributed by atoms with van der Waals surface area (Å²) in [4.78, 5) is 1.51. The number of halogens is 6. The molecular formula is C20H17F6NO3. The summed E-state index contributed by atoms with van der Waals surface area (Å²) in [5, 5.41) is 9.96. The van der Waals surface area contributed by atoms with E-state index in [4.69, 9.17) is 9.47 Å². The summed E-state index contributed by atoms with van der Waals surface area (Å²) in [6.45, 7) is -0.516. The molecular weight excluding hydrogens is 416 g/mol. The van der Waals surface area contributed by atoms with E-state index in [9.17, 15) is 31.4 Å². The minimum Gasteiger partial charge on any atom is -0.394 e.